The number of urea groups is 1. The van der Waals surface area contributed by atoms with Gasteiger partial charge in [-0.15, -0.1) is 0 Å². The van der Waals surface area contributed by atoms with Crippen molar-refractivity contribution in [1.82, 2.24) is 15.1 Å². The van der Waals surface area contributed by atoms with E-state index in [2.05, 4.69) is 31.2 Å². The predicted molar refractivity (Wildman–Crippen MR) is 95.6 cm³/mol. The zero-order valence-corrected chi connectivity index (χ0v) is 15.3. The molecule has 2 fully saturated rings. The Hall–Kier alpha value is -0.420. The SMILES string of the molecule is CCS[C@H]1CC[C@H](NC(=O)N2CCC(CCN(C)C)CC2)C1. The van der Waals surface area contributed by atoms with Gasteiger partial charge in [0, 0.05) is 24.4 Å². The summed E-state index contributed by atoms with van der Waals surface area (Å²) in [5.74, 6) is 1.98. The van der Waals surface area contributed by atoms with Gasteiger partial charge in [-0.05, 0) is 70.8 Å². The molecule has 5 heteroatoms. The molecule has 0 aromatic rings. The normalized spacial score (nSPS) is 26.6. The molecule has 1 saturated carbocycles. The Bertz CT molecular complexity index is 343. The van der Waals surface area contributed by atoms with Crippen molar-refractivity contribution in [2.45, 2.75) is 56.7 Å². The molecule has 2 rings (SSSR count). The molecule has 4 nitrogen and oxygen atoms in total. The Kier molecular flexibility index (Phi) is 7.35. The van der Waals surface area contributed by atoms with E-state index >= 15 is 0 Å². The van der Waals surface area contributed by atoms with Crippen molar-refractivity contribution < 1.29 is 4.79 Å². The van der Waals surface area contributed by atoms with E-state index < -0.39 is 0 Å². The number of rotatable bonds is 6. The van der Waals surface area contributed by atoms with Crippen LogP contribution in [-0.2, 0) is 0 Å². The average molecular weight is 328 g/mol. The lowest BCUT2D eigenvalue weighted by molar-refractivity contribution is 0.162. The maximum atomic E-state index is 12.4. The number of thioether (sulfide) groups is 1. The zero-order valence-electron chi connectivity index (χ0n) is 14.5. The molecule has 1 N–H and O–H groups in total. The molecule has 0 unspecified atom stereocenters. The highest BCUT2D eigenvalue weighted by atomic mass is 32.2. The van der Waals surface area contributed by atoms with Crippen molar-refractivity contribution in [1.29, 1.82) is 0 Å². The van der Waals surface area contributed by atoms with Gasteiger partial charge in [-0.3, -0.25) is 0 Å². The summed E-state index contributed by atoms with van der Waals surface area (Å²) in [5.41, 5.74) is 0. The number of nitrogens with zero attached hydrogens (tertiary/aromatic N) is 2. The lowest BCUT2D eigenvalue weighted by Crippen LogP contribution is -2.47. The van der Waals surface area contributed by atoms with E-state index in [1.807, 2.05) is 16.7 Å². The van der Waals surface area contributed by atoms with Crippen LogP contribution in [0.25, 0.3) is 0 Å². The topological polar surface area (TPSA) is 35.6 Å². The molecule has 0 aromatic heterocycles. The first kappa shape index (κ1) is 17.9. The Labute approximate surface area is 140 Å². The van der Waals surface area contributed by atoms with Gasteiger partial charge in [0.05, 0.1) is 0 Å². The number of amides is 2. The van der Waals surface area contributed by atoms with Crippen molar-refractivity contribution in [3.05, 3.63) is 0 Å². The van der Waals surface area contributed by atoms with Gasteiger partial charge in [-0.25, -0.2) is 4.79 Å². The summed E-state index contributed by atoms with van der Waals surface area (Å²) >= 11 is 2.04. The minimum Gasteiger partial charge on any atom is -0.335 e. The zero-order chi connectivity index (χ0) is 15.9. The van der Waals surface area contributed by atoms with Crippen molar-refractivity contribution in [2.24, 2.45) is 5.92 Å². The number of piperidine rings is 1. The maximum absolute atomic E-state index is 12.4. The van der Waals surface area contributed by atoms with Gasteiger partial charge in [0.1, 0.15) is 0 Å². The van der Waals surface area contributed by atoms with Crippen LogP contribution < -0.4 is 5.32 Å². The van der Waals surface area contributed by atoms with Gasteiger partial charge in [-0.2, -0.15) is 11.8 Å². The Morgan fingerprint density at radius 1 is 1.23 bits per heavy atom. The molecule has 22 heavy (non-hydrogen) atoms. The quantitative estimate of drug-likeness (QED) is 0.814. The van der Waals surface area contributed by atoms with Gasteiger partial charge >= 0.3 is 6.03 Å². The first-order chi connectivity index (χ1) is 10.6. The second-order valence-corrected chi connectivity index (χ2v) is 8.64. The van der Waals surface area contributed by atoms with Gasteiger partial charge < -0.3 is 15.1 Å². The van der Waals surface area contributed by atoms with E-state index in [1.165, 1.54) is 31.4 Å². The van der Waals surface area contributed by atoms with Crippen molar-refractivity contribution in [3.8, 4) is 0 Å². The fourth-order valence-corrected chi connectivity index (χ4v) is 4.73. The summed E-state index contributed by atoms with van der Waals surface area (Å²) in [6.45, 7) is 5.25. The number of nitrogens with one attached hydrogen (secondary N) is 1. The first-order valence-electron chi connectivity index (χ1n) is 8.90. The first-order valence-corrected chi connectivity index (χ1v) is 9.95. The van der Waals surface area contributed by atoms with E-state index in [9.17, 15) is 4.79 Å². The smallest absolute Gasteiger partial charge is 0.317 e. The van der Waals surface area contributed by atoms with Crippen molar-refractivity contribution in [2.75, 3.05) is 39.5 Å². The molecule has 1 saturated heterocycles. The second kappa shape index (κ2) is 9.02. The number of likely N-dealkylation sites (tertiary alicyclic amines) is 1. The Morgan fingerprint density at radius 3 is 2.59 bits per heavy atom. The van der Waals surface area contributed by atoms with Crippen LogP contribution >= 0.6 is 11.8 Å². The van der Waals surface area contributed by atoms with E-state index in [0.717, 1.165) is 43.6 Å². The highest BCUT2D eigenvalue weighted by molar-refractivity contribution is 7.99. The van der Waals surface area contributed by atoms with E-state index in [4.69, 9.17) is 0 Å². The molecule has 2 amide bonds. The predicted octanol–water partition coefficient (Wildman–Crippen LogP) is 3.03. The van der Waals surface area contributed by atoms with Gasteiger partial charge in [-0.1, -0.05) is 6.92 Å². The Balaban J connectivity index is 1.65. The fraction of sp³-hybridized carbons (Fsp3) is 0.941. The third-order valence-corrected chi connectivity index (χ3v) is 6.23. The fourth-order valence-electron chi connectivity index (χ4n) is 3.59. The lowest BCUT2D eigenvalue weighted by Gasteiger charge is -2.33. The minimum atomic E-state index is 0.179. The molecule has 1 heterocycles. The van der Waals surface area contributed by atoms with Crippen molar-refractivity contribution >= 4 is 17.8 Å². The summed E-state index contributed by atoms with van der Waals surface area (Å²) in [5, 5.41) is 4.02. The van der Waals surface area contributed by atoms with Crippen LogP contribution in [0.4, 0.5) is 4.79 Å². The van der Waals surface area contributed by atoms with Gasteiger partial charge in [0.15, 0.2) is 0 Å². The monoisotopic (exact) mass is 327 g/mol. The minimum absolute atomic E-state index is 0.179. The van der Waals surface area contributed by atoms with Crippen LogP contribution in [0.15, 0.2) is 0 Å². The summed E-state index contributed by atoms with van der Waals surface area (Å²) in [7, 11) is 4.27. The molecule has 1 aliphatic carbocycles. The largest absolute Gasteiger partial charge is 0.335 e. The average Bonchev–Trinajstić information content (AvgIpc) is 2.93. The second-order valence-electron chi connectivity index (χ2n) is 7.06. The lowest BCUT2D eigenvalue weighted by atomic mass is 9.93. The summed E-state index contributed by atoms with van der Waals surface area (Å²) < 4.78 is 0. The van der Waals surface area contributed by atoms with E-state index in [1.54, 1.807) is 0 Å². The van der Waals surface area contributed by atoms with Crippen LogP contribution in [0.3, 0.4) is 0 Å². The van der Waals surface area contributed by atoms with Crippen LogP contribution in [0.2, 0.25) is 0 Å². The third-order valence-electron chi connectivity index (χ3n) is 5.00. The summed E-state index contributed by atoms with van der Waals surface area (Å²) in [4.78, 5) is 16.7. The maximum Gasteiger partial charge on any atom is 0.317 e. The molecule has 1 aliphatic heterocycles. The number of carbonyl (C=O) groups is 1. The van der Waals surface area contributed by atoms with E-state index in [0.29, 0.717) is 6.04 Å². The molecule has 2 aliphatic rings. The van der Waals surface area contributed by atoms with Gasteiger partial charge in [0.25, 0.3) is 0 Å². The molecule has 0 radical (unpaired) electrons. The highest BCUT2D eigenvalue weighted by Crippen LogP contribution is 2.30. The molecular formula is C17H33N3OS. The molecule has 128 valence electrons. The van der Waals surface area contributed by atoms with E-state index in [-0.39, 0.29) is 6.03 Å². The standard InChI is InChI=1S/C17H33N3OS/c1-4-22-16-6-5-15(13-16)18-17(21)20-11-8-14(9-12-20)7-10-19(2)3/h14-16H,4-13H2,1-3H3,(H,18,21)/t15-,16-/m0/s1. The van der Waals surface area contributed by atoms with Crippen LogP contribution in [0, 0.1) is 5.92 Å². The molecule has 0 bridgehead atoms. The number of carbonyl (C=O) groups excluding carboxylic acids is 1. The molecule has 0 aromatic carbocycles. The van der Waals surface area contributed by atoms with Crippen LogP contribution in [-0.4, -0.2) is 66.6 Å². The third kappa shape index (κ3) is 5.65. The molecule has 2 atom stereocenters. The number of hydrogen-bond donors (Lipinski definition) is 1. The highest BCUT2D eigenvalue weighted by Gasteiger charge is 2.28. The molecular weight excluding hydrogens is 294 g/mol. The van der Waals surface area contributed by atoms with Gasteiger partial charge in [0.2, 0.25) is 0 Å². The van der Waals surface area contributed by atoms with Crippen LogP contribution in [0.1, 0.15) is 45.4 Å². The molecule has 0 spiro atoms. The Morgan fingerprint density at radius 2 is 1.95 bits per heavy atom. The van der Waals surface area contributed by atoms with Crippen molar-refractivity contribution in [3.63, 3.8) is 0 Å². The summed E-state index contributed by atoms with van der Waals surface area (Å²) in [6.07, 6.45) is 7.17. The summed E-state index contributed by atoms with van der Waals surface area (Å²) in [6, 6.07) is 0.584. The van der Waals surface area contributed by atoms with Crippen LogP contribution in [0.5, 0.6) is 0 Å². The number of hydrogen-bond acceptors (Lipinski definition) is 3.